The highest BCUT2D eigenvalue weighted by molar-refractivity contribution is 8.24. The zero-order valence-corrected chi connectivity index (χ0v) is 8.13. The third kappa shape index (κ3) is 1.56. The van der Waals surface area contributed by atoms with E-state index in [1.807, 2.05) is 0 Å². The molecule has 1 heterocycles. The average Bonchev–Trinajstić information content (AvgIpc) is 2.30. The van der Waals surface area contributed by atoms with Gasteiger partial charge in [-0.15, -0.1) is 0 Å². The van der Waals surface area contributed by atoms with Gasteiger partial charge in [0.05, 0.1) is 5.75 Å². The number of nitrogens with zero attached hydrogens (tertiary/aromatic N) is 1. The maximum atomic E-state index is 11.3. The first-order chi connectivity index (χ1) is 5.54. The van der Waals surface area contributed by atoms with Crippen molar-refractivity contribution < 1.29 is 9.59 Å². The van der Waals surface area contributed by atoms with Crippen molar-refractivity contribution in [2.45, 2.75) is 6.92 Å². The first-order valence-electron chi connectivity index (χ1n) is 3.23. The molecule has 0 aliphatic carbocycles. The van der Waals surface area contributed by atoms with Crippen LogP contribution in [0.4, 0.5) is 0 Å². The normalized spacial score (nSPS) is 16.9. The van der Waals surface area contributed by atoms with Gasteiger partial charge in [0.15, 0.2) is 4.32 Å². The van der Waals surface area contributed by atoms with Gasteiger partial charge in [-0.3, -0.25) is 9.59 Å². The summed E-state index contributed by atoms with van der Waals surface area (Å²) in [6.07, 6.45) is 0. The van der Waals surface area contributed by atoms with Crippen LogP contribution in [0.5, 0.6) is 0 Å². The molecule has 1 aliphatic rings. The molecule has 0 aromatic carbocycles. The van der Waals surface area contributed by atoms with Crippen molar-refractivity contribution in [1.82, 2.24) is 4.90 Å². The topological polar surface area (TPSA) is 37.4 Å². The zero-order valence-electron chi connectivity index (χ0n) is 6.49. The monoisotopic (exact) mass is 201 g/mol. The number of thiocarbonyl (C=S) groups is 1. The summed E-state index contributed by atoms with van der Waals surface area (Å²) in [6.45, 7) is 5.01. The molecule has 0 N–H and O–H groups in total. The van der Waals surface area contributed by atoms with Crippen LogP contribution in [-0.2, 0) is 9.59 Å². The molecule has 1 aliphatic heterocycles. The molecule has 5 heteroatoms. The van der Waals surface area contributed by atoms with E-state index in [0.717, 1.165) is 4.90 Å². The van der Waals surface area contributed by atoms with Gasteiger partial charge in [0.2, 0.25) is 5.91 Å². The maximum Gasteiger partial charge on any atom is 0.261 e. The number of hydrogen-bond acceptors (Lipinski definition) is 4. The Bertz CT molecular complexity index is 269. The van der Waals surface area contributed by atoms with Gasteiger partial charge in [-0.25, -0.2) is 4.90 Å². The number of hydrogen-bond donors (Lipinski definition) is 0. The van der Waals surface area contributed by atoms with E-state index in [1.54, 1.807) is 6.92 Å². The van der Waals surface area contributed by atoms with Crippen LogP contribution in [0.1, 0.15) is 6.92 Å². The fourth-order valence-corrected chi connectivity index (χ4v) is 1.79. The molecule has 0 saturated carbocycles. The molecule has 0 aromatic rings. The summed E-state index contributed by atoms with van der Waals surface area (Å²) in [5, 5.41) is 0. The molecule has 0 unspecified atom stereocenters. The van der Waals surface area contributed by atoms with Gasteiger partial charge in [0.1, 0.15) is 0 Å². The second-order valence-corrected chi connectivity index (χ2v) is 3.98. The fourth-order valence-electron chi connectivity index (χ4n) is 0.741. The molecule has 0 atom stereocenters. The first kappa shape index (κ1) is 9.41. The van der Waals surface area contributed by atoms with E-state index < -0.39 is 5.91 Å². The standard InChI is InChI=1S/C7H7NO2S2/c1-4(2)6(10)8-5(9)3-12-7(8)11/h1,3H2,2H3. The van der Waals surface area contributed by atoms with Gasteiger partial charge >= 0.3 is 0 Å². The van der Waals surface area contributed by atoms with E-state index in [0.29, 0.717) is 9.89 Å². The minimum absolute atomic E-state index is 0.252. The van der Waals surface area contributed by atoms with Crippen molar-refractivity contribution in [1.29, 1.82) is 0 Å². The number of imide groups is 1. The lowest BCUT2D eigenvalue weighted by atomic mass is 10.3. The molecule has 1 saturated heterocycles. The van der Waals surface area contributed by atoms with Gasteiger partial charge in [-0.1, -0.05) is 30.6 Å². The second kappa shape index (κ2) is 3.37. The largest absolute Gasteiger partial charge is 0.273 e. The molecule has 1 fully saturated rings. The Labute approximate surface area is 79.8 Å². The third-order valence-electron chi connectivity index (χ3n) is 1.32. The van der Waals surface area contributed by atoms with Crippen molar-refractivity contribution in [3.63, 3.8) is 0 Å². The highest BCUT2D eigenvalue weighted by atomic mass is 32.2. The summed E-state index contributed by atoms with van der Waals surface area (Å²) >= 11 is 6.02. The highest BCUT2D eigenvalue weighted by Crippen LogP contribution is 2.20. The minimum Gasteiger partial charge on any atom is -0.273 e. The van der Waals surface area contributed by atoms with E-state index >= 15 is 0 Å². The van der Waals surface area contributed by atoms with E-state index in [9.17, 15) is 9.59 Å². The van der Waals surface area contributed by atoms with Crippen molar-refractivity contribution in [3.8, 4) is 0 Å². The molecule has 0 aromatic heterocycles. The number of thioether (sulfide) groups is 1. The summed E-state index contributed by atoms with van der Waals surface area (Å²) in [7, 11) is 0. The third-order valence-corrected chi connectivity index (χ3v) is 2.68. The molecule has 1 rings (SSSR count). The van der Waals surface area contributed by atoms with E-state index in [-0.39, 0.29) is 11.7 Å². The van der Waals surface area contributed by atoms with Crippen molar-refractivity contribution >= 4 is 40.1 Å². The quantitative estimate of drug-likeness (QED) is 0.467. The van der Waals surface area contributed by atoms with Gasteiger partial charge in [-0.2, -0.15) is 0 Å². The van der Waals surface area contributed by atoms with Crippen molar-refractivity contribution in [2.24, 2.45) is 0 Å². The van der Waals surface area contributed by atoms with Gasteiger partial charge in [0, 0.05) is 5.57 Å². The van der Waals surface area contributed by atoms with Crippen LogP contribution >= 0.6 is 24.0 Å². The van der Waals surface area contributed by atoms with Crippen LogP contribution in [0, 0.1) is 0 Å². The Kier molecular flexibility index (Phi) is 2.64. The number of amides is 2. The number of carbonyl (C=O) groups is 2. The van der Waals surface area contributed by atoms with E-state index in [4.69, 9.17) is 12.2 Å². The lowest BCUT2D eigenvalue weighted by Gasteiger charge is -2.11. The lowest BCUT2D eigenvalue weighted by molar-refractivity contribution is -0.135. The Balaban J connectivity index is 2.87. The number of rotatable bonds is 1. The molecule has 3 nitrogen and oxygen atoms in total. The molecule has 0 radical (unpaired) electrons. The molecular weight excluding hydrogens is 194 g/mol. The van der Waals surface area contributed by atoms with Crippen LogP contribution in [0.3, 0.4) is 0 Å². The molecule has 64 valence electrons. The maximum absolute atomic E-state index is 11.3. The Morgan fingerprint density at radius 3 is 2.67 bits per heavy atom. The number of carbonyl (C=O) groups excluding carboxylic acids is 2. The smallest absolute Gasteiger partial charge is 0.261 e. The Morgan fingerprint density at radius 1 is 1.75 bits per heavy atom. The summed E-state index contributed by atoms with van der Waals surface area (Å²) in [6, 6.07) is 0. The van der Waals surface area contributed by atoms with Gasteiger partial charge in [0.25, 0.3) is 5.91 Å². The SMILES string of the molecule is C=C(C)C(=O)N1C(=O)CSC1=S. The summed E-state index contributed by atoms with van der Waals surface area (Å²) in [4.78, 5) is 23.4. The van der Waals surface area contributed by atoms with E-state index in [1.165, 1.54) is 11.8 Å². The highest BCUT2D eigenvalue weighted by Gasteiger charge is 2.32. The average molecular weight is 201 g/mol. The summed E-state index contributed by atoms with van der Waals surface area (Å²) < 4.78 is 0.327. The van der Waals surface area contributed by atoms with Crippen molar-refractivity contribution in [2.75, 3.05) is 5.75 Å². The van der Waals surface area contributed by atoms with Crippen LogP contribution in [-0.4, -0.2) is 26.8 Å². The Hall–Kier alpha value is -0.680. The second-order valence-electron chi connectivity index (χ2n) is 2.37. The Morgan fingerprint density at radius 2 is 2.33 bits per heavy atom. The lowest BCUT2D eigenvalue weighted by Crippen LogP contribution is -2.35. The summed E-state index contributed by atoms with van der Waals surface area (Å²) in [5.74, 6) is -0.384. The van der Waals surface area contributed by atoms with Gasteiger partial charge in [-0.05, 0) is 6.92 Å². The predicted octanol–water partition coefficient (Wildman–Crippen LogP) is 0.949. The van der Waals surface area contributed by atoms with Crippen LogP contribution in [0.25, 0.3) is 0 Å². The first-order valence-corrected chi connectivity index (χ1v) is 4.63. The molecular formula is C7H7NO2S2. The minimum atomic E-state index is -0.394. The molecule has 0 bridgehead atoms. The zero-order chi connectivity index (χ0) is 9.30. The molecule has 12 heavy (non-hydrogen) atoms. The predicted molar refractivity (Wildman–Crippen MR) is 51.7 cm³/mol. The van der Waals surface area contributed by atoms with Crippen LogP contribution in [0.2, 0.25) is 0 Å². The van der Waals surface area contributed by atoms with Crippen LogP contribution < -0.4 is 0 Å². The molecule has 0 spiro atoms. The van der Waals surface area contributed by atoms with E-state index in [2.05, 4.69) is 6.58 Å². The van der Waals surface area contributed by atoms with Crippen molar-refractivity contribution in [3.05, 3.63) is 12.2 Å². The molecule has 2 amide bonds. The van der Waals surface area contributed by atoms with Crippen LogP contribution in [0.15, 0.2) is 12.2 Å². The fraction of sp³-hybridized carbons (Fsp3) is 0.286. The van der Waals surface area contributed by atoms with Gasteiger partial charge < -0.3 is 0 Å². The summed E-state index contributed by atoms with van der Waals surface area (Å²) in [5.41, 5.74) is 0.327.